The minimum Gasteiger partial charge on any atom is -0.497 e. The van der Waals surface area contributed by atoms with Gasteiger partial charge in [0.05, 0.1) is 12.7 Å². The van der Waals surface area contributed by atoms with E-state index in [1.54, 1.807) is 55.6 Å². The van der Waals surface area contributed by atoms with E-state index >= 15 is 0 Å². The molecular formula is C19H14O5. The van der Waals surface area contributed by atoms with E-state index in [0.29, 0.717) is 34.5 Å². The fraction of sp³-hybridized carbons (Fsp3) is 0.0526. The first-order valence-corrected chi connectivity index (χ1v) is 7.20. The number of hydrogen-bond donors (Lipinski definition) is 1. The summed E-state index contributed by atoms with van der Waals surface area (Å²) in [5, 5.41) is 9.54. The average molecular weight is 322 g/mol. The van der Waals surface area contributed by atoms with Crippen molar-refractivity contribution in [3.8, 4) is 28.2 Å². The lowest BCUT2D eigenvalue weighted by atomic mass is 9.93. The van der Waals surface area contributed by atoms with Crippen molar-refractivity contribution >= 4 is 12.3 Å². The predicted octanol–water partition coefficient (Wildman–Crippen LogP) is 4.13. The number of carboxylic acids is 1. The van der Waals surface area contributed by atoms with E-state index in [0.717, 1.165) is 0 Å². The van der Waals surface area contributed by atoms with Gasteiger partial charge in [-0.1, -0.05) is 24.3 Å². The van der Waals surface area contributed by atoms with Crippen LogP contribution in [0.4, 0.5) is 0 Å². The molecule has 24 heavy (non-hydrogen) atoms. The second kappa shape index (κ2) is 6.42. The Kier molecular flexibility index (Phi) is 4.16. The van der Waals surface area contributed by atoms with E-state index in [9.17, 15) is 14.7 Å². The van der Waals surface area contributed by atoms with Crippen LogP contribution in [-0.4, -0.2) is 24.5 Å². The first kappa shape index (κ1) is 15.6. The van der Waals surface area contributed by atoms with Crippen LogP contribution in [0.1, 0.15) is 20.9 Å². The molecule has 0 radical (unpaired) electrons. The van der Waals surface area contributed by atoms with Crippen molar-refractivity contribution in [1.82, 2.24) is 0 Å². The number of carboxylic acid groups (broad SMARTS) is 1. The van der Waals surface area contributed by atoms with Crippen molar-refractivity contribution in [2.24, 2.45) is 0 Å². The van der Waals surface area contributed by atoms with Crippen molar-refractivity contribution in [2.75, 3.05) is 7.11 Å². The summed E-state index contributed by atoms with van der Waals surface area (Å²) in [5.41, 5.74) is 2.00. The Morgan fingerprint density at radius 2 is 1.83 bits per heavy atom. The summed E-state index contributed by atoms with van der Waals surface area (Å²) in [7, 11) is 1.56. The fourth-order valence-electron chi connectivity index (χ4n) is 2.57. The normalized spacial score (nSPS) is 10.4. The van der Waals surface area contributed by atoms with Crippen molar-refractivity contribution < 1.29 is 23.8 Å². The Balaban J connectivity index is 2.23. The van der Waals surface area contributed by atoms with E-state index in [2.05, 4.69) is 0 Å². The first-order valence-electron chi connectivity index (χ1n) is 7.20. The number of aromatic carboxylic acids is 1. The Hall–Kier alpha value is -3.34. The van der Waals surface area contributed by atoms with Crippen LogP contribution >= 0.6 is 0 Å². The molecule has 0 aliphatic carbocycles. The largest absolute Gasteiger partial charge is 0.497 e. The summed E-state index contributed by atoms with van der Waals surface area (Å²) in [6.07, 6.45) is 0.609. The van der Waals surface area contributed by atoms with Gasteiger partial charge in [-0.2, -0.15) is 0 Å². The van der Waals surface area contributed by atoms with Crippen molar-refractivity contribution in [1.29, 1.82) is 0 Å². The number of aldehydes is 1. The van der Waals surface area contributed by atoms with Gasteiger partial charge in [0.15, 0.2) is 12.0 Å². The third-order valence-corrected chi connectivity index (χ3v) is 3.68. The number of ether oxygens (including phenoxy) is 1. The molecule has 0 fully saturated rings. The topological polar surface area (TPSA) is 76.7 Å². The van der Waals surface area contributed by atoms with Gasteiger partial charge in [-0.05, 0) is 35.9 Å². The Bertz CT molecular complexity index is 890. The monoisotopic (exact) mass is 322 g/mol. The lowest BCUT2D eigenvalue weighted by Gasteiger charge is -2.12. The third-order valence-electron chi connectivity index (χ3n) is 3.68. The SMILES string of the molecule is COc1ccc(-c2c(C(=O)O)cccc2-c2ccc(C=O)o2)cc1. The number of benzene rings is 2. The zero-order valence-electron chi connectivity index (χ0n) is 12.9. The molecule has 3 rings (SSSR count). The Morgan fingerprint density at radius 3 is 2.42 bits per heavy atom. The molecule has 0 bridgehead atoms. The molecule has 0 aliphatic heterocycles. The van der Waals surface area contributed by atoms with Crippen LogP contribution in [0, 0.1) is 0 Å². The number of rotatable bonds is 5. The van der Waals surface area contributed by atoms with Crippen LogP contribution in [-0.2, 0) is 0 Å². The highest BCUT2D eigenvalue weighted by atomic mass is 16.5. The van der Waals surface area contributed by atoms with Crippen LogP contribution in [0.2, 0.25) is 0 Å². The van der Waals surface area contributed by atoms with Gasteiger partial charge in [-0.25, -0.2) is 4.79 Å². The third kappa shape index (κ3) is 2.79. The maximum atomic E-state index is 11.7. The molecule has 3 aromatic rings. The van der Waals surface area contributed by atoms with E-state index in [4.69, 9.17) is 9.15 Å². The number of carbonyl (C=O) groups is 2. The molecule has 120 valence electrons. The summed E-state index contributed by atoms with van der Waals surface area (Å²) in [6, 6.07) is 15.2. The number of hydrogen-bond acceptors (Lipinski definition) is 4. The summed E-state index contributed by atoms with van der Waals surface area (Å²) in [4.78, 5) is 22.5. The summed E-state index contributed by atoms with van der Waals surface area (Å²) in [5.74, 6) is 0.261. The highest BCUT2D eigenvalue weighted by Gasteiger charge is 2.18. The highest BCUT2D eigenvalue weighted by molar-refractivity contribution is 6.01. The molecule has 0 amide bonds. The Morgan fingerprint density at radius 1 is 1.08 bits per heavy atom. The lowest BCUT2D eigenvalue weighted by molar-refractivity contribution is 0.0697. The lowest BCUT2D eigenvalue weighted by Crippen LogP contribution is -2.01. The second-order valence-corrected chi connectivity index (χ2v) is 5.08. The van der Waals surface area contributed by atoms with Gasteiger partial charge in [0.25, 0.3) is 0 Å². The molecule has 5 heteroatoms. The zero-order chi connectivity index (χ0) is 17.1. The molecule has 0 saturated heterocycles. The molecule has 0 spiro atoms. The summed E-state index contributed by atoms with van der Waals surface area (Å²) < 4.78 is 10.6. The van der Waals surface area contributed by atoms with Crippen LogP contribution < -0.4 is 4.74 Å². The number of carbonyl (C=O) groups excluding carboxylic acids is 1. The van der Waals surface area contributed by atoms with Crippen LogP contribution in [0.3, 0.4) is 0 Å². The molecule has 1 N–H and O–H groups in total. The van der Waals surface area contributed by atoms with Gasteiger partial charge in [0.1, 0.15) is 11.5 Å². The van der Waals surface area contributed by atoms with E-state index in [1.165, 1.54) is 6.07 Å². The van der Waals surface area contributed by atoms with Gasteiger partial charge < -0.3 is 14.3 Å². The fourth-order valence-corrected chi connectivity index (χ4v) is 2.57. The molecular weight excluding hydrogens is 308 g/mol. The second-order valence-electron chi connectivity index (χ2n) is 5.08. The van der Waals surface area contributed by atoms with Gasteiger partial charge in [-0.15, -0.1) is 0 Å². The average Bonchev–Trinajstić information content (AvgIpc) is 3.10. The van der Waals surface area contributed by atoms with Crippen molar-refractivity contribution in [2.45, 2.75) is 0 Å². The van der Waals surface area contributed by atoms with E-state index < -0.39 is 5.97 Å². The molecule has 0 saturated carbocycles. The van der Waals surface area contributed by atoms with Gasteiger partial charge >= 0.3 is 5.97 Å². The molecule has 2 aromatic carbocycles. The standard InChI is InChI=1S/C19H14O5/c1-23-13-7-5-12(6-8-13)18-15(3-2-4-16(18)19(21)22)17-10-9-14(11-20)24-17/h2-11H,1H3,(H,21,22). The van der Waals surface area contributed by atoms with Gasteiger partial charge in [0, 0.05) is 11.1 Å². The number of methoxy groups -OCH3 is 1. The predicted molar refractivity (Wildman–Crippen MR) is 88.5 cm³/mol. The van der Waals surface area contributed by atoms with Crippen molar-refractivity contribution in [3.63, 3.8) is 0 Å². The first-order chi connectivity index (χ1) is 11.6. The minimum absolute atomic E-state index is 0.154. The van der Waals surface area contributed by atoms with Crippen LogP contribution in [0.5, 0.6) is 5.75 Å². The van der Waals surface area contributed by atoms with Crippen LogP contribution in [0.15, 0.2) is 59.0 Å². The molecule has 0 unspecified atom stereocenters. The van der Waals surface area contributed by atoms with Gasteiger partial charge in [0.2, 0.25) is 0 Å². The quantitative estimate of drug-likeness (QED) is 0.715. The molecule has 1 heterocycles. The van der Waals surface area contributed by atoms with Crippen LogP contribution in [0.25, 0.3) is 22.5 Å². The molecule has 0 aliphatic rings. The molecule has 5 nitrogen and oxygen atoms in total. The molecule has 1 aromatic heterocycles. The van der Waals surface area contributed by atoms with Crippen molar-refractivity contribution in [3.05, 3.63) is 65.9 Å². The summed E-state index contributed by atoms with van der Waals surface area (Å²) in [6.45, 7) is 0. The highest BCUT2D eigenvalue weighted by Crippen LogP contribution is 2.36. The Labute approximate surface area is 138 Å². The minimum atomic E-state index is -1.04. The van der Waals surface area contributed by atoms with E-state index in [1.807, 2.05) is 0 Å². The number of furan rings is 1. The van der Waals surface area contributed by atoms with Gasteiger partial charge in [-0.3, -0.25) is 4.79 Å². The maximum Gasteiger partial charge on any atom is 0.336 e. The zero-order valence-corrected chi connectivity index (χ0v) is 12.9. The summed E-state index contributed by atoms with van der Waals surface area (Å²) >= 11 is 0. The maximum absolute atomic E-state index is 11.7. The van der Waals surface area contributed by atoms with E-state index in [-0.39, 0.29) is 11.3 Å². The smallest absolute Gasteiger partial charge is 0.336 e. The molecule has 0 atom stereocenters.